The highest BCUT2D eigenvalue weighted by atomic mass is 32.2. The fraction of sp³-hybridized carbons (Fsp3) is 0.400. The molecule has 0 unspecified atom stereocenters. The minimum Gasteiger partial charge on any atom is -0.396 e. The summed E-state index contributed by atoms with van der Waals surface area (Å²) >= 11 is 0. The van der Waals surface area contributed by atoms with Gasteiger partial charge in [-0.05, 0) is 47.9 Å². The Morgan fingerprint density at radius 2 is 0.833 bits per heavy atom. The molecule has 8 nitrogen and oxygen atoms in total. The first-order valence-electron chi connectivity index (χ1n) is 9.08. The lowest BCUT2D eigenvalue weighted by Crippen LogP contribution is -1.90. The van der Waals surface area contributed by atoms with Crippen LogP contribution in [0.15, 0.2) is 48.5 Å². The summed E-state index contributed by atoms with van der Waals surface area (Å²) in [4.78, 5) is 0. The van der Waals surface area contributed by atoms with Crippen LogP contribution in [0.5, 0.6) is 0 Å². The molecule has 2 aromatic rings. The molecule has 4 N–H and O–H groups in total. The Labute approximate surface area is 178 Å². The molecule has 0 spiro atoms. The quantitative estimate of drug-likeness (QED) is 0.458. The normalized spacial score (nSPS) is 11.0. The van der Waals surface area contributed by atoms with Crippen LogP contribution in [0.4, 0.5) is 0 Å². The van der Waals surface area contributed by atoms with Gasteiger partial charge in [-0.1, -0.05) is 48.5 Å². The molecule has 0 radical (unpaired) electrons. The monoisotopic (exact) mass is 462 g/mol. The third-order valence-electron chi connectivity index (χ3n) is 3.49. The highest BCUT2D eigenvalue weighted by Gasteiger charge is 1.99. The van der Waals surface area contributed by atoms with Crippen molar-refractivity contribution in [3.05, 3.63) is 59.7 Å². The lowest BCUT2D eigenvalue weighted by atomic mass is 10.00. The van der Waals surface area contributed by atoms with Crippen LogP contribution in [0.25, 0.3) is 11.1 Å². The smallest absolute Gasteiger partial charge is 0.261 e. The summed E-state index contributed by atoms with van der Waals surface area (Å²) in [5, 5.41) is 17.7. The van der Waals surface area contributed by atoms with Gasteiger partial charge in [-0.3, -0.25) is 9.11 Å². The van der Waals surface area contributed by atoms with Crippen molar-refractivity contribution >= 4 is 20.2 Å². The molecule has 170 valence electrons. The summed E-state index contributed by atoms with van der Waals surface area (Å²) in [7, 11) is -7.33. The fourth-order valence-corrected chi connectivity index (χ4v) is 2.29. The molecule has 30 heavy (non-hydrogen) atoms. The zero-order chi connectivity index (χ0) is 23.2. The van der Waals surface area contributed by atoms with Crippen LogP contribution in [0, 0.1) is 0 Å². The van der Waals surface area contributed by atoms with E-state index in [0.717, 1.165) is 25.7 Å². The molecule has 0 aliphatic carbocycles. The minimum absolute atomic E-state index is 0.247. The predicted molar refractivity (Wildman–Crippen MR) is 118 cm³/mol. The van der Waals surface area contributed by atoms with Crippen molar-refractivity contribution in [2.45, 2.75) is 25.7 Å². The van der Waals surface area contributed by atoms with Gasteiger partial charge in [-0.25, -0.2) is 0 Å². The lowest BCUT2D eigenvalue weighted by molar-refractivity contribution is 0.288. The van der Waals surface area contributed by atoms with Crippen molar-refractivity contribution in [3.8, 4) is 11.1 Å². The maximum absolute atomic E-state index is 9.19. The van der Waals surface area contributed by atoms with Crippen LogP contribution in [-0.4, -0.2) is 61.9 Å². The van der Waals surface area contributed by atoms with Crippen molar-refractivity contribution in [1.29, 1.82) is 0 Å². The number of hydrogen-bond donors (Lipinski definition) is 4. The summed E-state index contributed by atoms with van der Waals surface area (Å²) in [6.45, 7) is 0.494. The molecule has 0 saturated heterocycles. The zero-order valence-electron chi connectivity index (χ0n) is 17.1. The molecular weight excluding hydrogens is 432 g/mol. The van der Waals surface area contributed by atoms with E-state index >= 15 is 0 Å². The van der Waals surface area contributed by atoms with Gasteiger partial charge in [0.05, 0.1) is 12.5 Å². The van der Waals surface area contributed by atoms with Crippen LogP contribution < -0.4 is 0 Å². The summed E-state index contributed by atoms with van der Waals surface area (Å²) in [5.74, 6) is 0. The molecule has 2 aromatic carbocycles. The van der Waals surface area contributed by atoms with Gasteiger partial charge in [0.25, 0.3) is 20.2 Å². The van der Waals surface area contributed by atoms with E-state index in [1.54, 1.807) is 0 Å². The molecule has 2 rings (SSSR count). The van der Waals surface area contributed by atoms with E-state index in [1.807, 2.05) is 0 Å². The summed E-state index contributed by atoms with van der Waals surface area (Å²) in [6, 6.07) is 17.1. The Morgan fingerprint density at radius 1 is 0.600 bits per heavy atom. The second-order valence-corrected chi connectivity index (χ2v) is 9.45. The molecule has 0 aliphatic heterocycles. The molecule has 10 heteroatoms. The fourth-order valence-electron chi connectivity index (χ4n) is 2.29. The molecule has 0 bridgehead atoms. The highest BCUT2D eigenvalue weighted by molar-refractivity contribution is 7.85. The van der Waals surface area contributed by atoms with Crippen LogP contribution in [0.2, 0.25) is 0 Å². The summed E-state index contributed by atoms with van der Waals surface area (Å²) < 4.78 is 51.7. The van der Waals surface area contributed by atoms with Gasteiger partial charge in [-0.15, -0.1) is 0 Å². The Hall–Kier alpha value is -1.82. The van der Waals surface area contributed by atoms with Gasteiger partial charge in [0.1, 0.15) is 0 Å². The van der Waals surface area contributed by atoms with E-state index in [9.17, 15) is 16.8 Å². The Bertz CT molecular complexity index is 824. The molecule has 0 atom stereocenters. The standard InChI is InChI=1S/C18H22O2.2CH4O3S/c19-13-1-3-15-5-9-17(10-6-15)18-11-7-16(8-12-18)4-2-14-20;2*1-5(2,3)4/h5-12,19-20H,1-4,13-14H2;2*1H3,(H,2,3,4). The van der Waals surface area contributed by atoms with Gasteiger partial charge in [-0.2, -0.15) is 16.8 Å². The van der Waals surface area contributed by atoms with E-state index in [2.05, 4.69) is 48.5 Å². The van der Waals surface area contributed by atoms with Crippen LogP contribution in [0.3, 0.4) is 0 Å². The molecular formula is C20H30O8S2. The van der Waals surface area contributed by atoms with E-state index < -0.39 is 20.2 Å². The predicted octanol–water partition coefficient (Wildman–Crippen LogP) is 2.21. The van der Waals surface area contributed by atoms with Crippen LogP contribution in [0.1, 0.15) is 24.0 Å². The highest BCUT2D eigenvalue weighted by Crippen LogP contribution is 2.21. The van der Waals surface area contributed by atoms with E-state index in [0.29, 0.717) is 12.5 Å². The molecule has 0 heterocycles. The lowest BCUT2D eigenvalue weighted by Gasteiger charge is -2.06. The van der Waals surface area contributed by atoms with Crippen molar-refractivity contribution in [3.63, 3.8) is 0 Å². The maximum Gasteiger partial charge on any atom is 0.261 e. The molecule has 0 aliphatic rings. The number of hydrogen-bond acceptors (Lipinski definition) is 6. The van der Waals surface area contributed by atoms with E-state index in [-0.39, 0.29) is 13.2 Å². The van der Waals surface area contributed by atoms with E-state index in [4.69, 9.17) is 19.3 Å². The number of aryl methyl sites for hydroxylation is 2. The van der Waals surface area contributed by atoms with Gasteiger partial charge >= 0.3 is 0 Å². The number of aliphatic hydroxyl groups is 2. The number of benzene rings is 2. The van der Waals surface area contributed by atoms with Gasteiger partial charge in [0.15, 0.2) is 0 Å². The van der Waals surface area contributed by atoms with Crippen molar-refractivity contribution in [1.82, 2.24) is 0 Å². The van der Waals surface area contributed by atoms with E-state index in [1.165, 1.54) is 22.3 Å². The van der Waals surface area contributed by atoms with Crippen LogP contribution >= 0.6 is 0 Å². The number of aliphatic hydroxyl groups excluding tert-OH is 2. The molecule has 0 saturated carbocycles. The third-order valence-corrected chi connectivity index (χ3v) is 3.49. The zero-order valence-corrected chi connectivity index (χ0v) is 18.7. The SMILES string of the molecule is CS(=O)(=O)O.CS(=O)(=O)O.OCCCc1ccc(-c2ccc(CCCO)cc2)cc1. The average molecular weight is 463 g/mol. The minimum atomic E-state index is -3.67. The van der Waals surface area contributed by atoms with Crippen molar-refractivity contribution in [2.75, 3.05) is 25.7 Å². The average Bonchev–Trinajstić information content (AvgIpc) is 2.63. The second-order valence-electron chi connectivity index (χ2n) is 6.51. The molecule has 0 amide bonds. The number of rotatable bonds is 7. The van der Waals surface area contributed by atoms with Crippen molar-refractivity contribution < 1.29 is 36.2 Å². The van der Waals surface area contributed by atoms with Gasteiger partial charge in [0.2, 0.25) is 0 Å². The largest absolute Gasteiger partial charge is 0.396 e. The second kappa shape index (κ2) is 14.2. The topological polar surface area (TPSA) is 149 Å². The third kappa shape index (κ3) is 18.2. The van der Waals surface area contributed by atoms with Gasteiger partial charge < -0.3 is 10.2 Å². The van der Waals surface area contributed by atoms with Crippen LogP contribution in [-0.2, 0) is 33.1 Å². The summed E-state index contributed by atoms with van der Waals surface area (Å²) in [6.07, 6.45) is 4.92. The first-order chi connectivity index (χ1) is 13.8. The molecule has 0 aromatic heterocycles. The first kappa shape index (κ1) is 28.2. The van der Waals surface area contributed by atoms with Crippen molar-refractivity contribution in [2.24, 2.45) is 0 Å². The Kier molecular flexibility index (Phi) is 13.4. The Balaban J connectivity index is 0.000000702. The van der Waals surface area contributed by atoms with Gasteiger partial charge in [0, 0.05) is 13.2 Å². The molecule has 0 fully saturated rings. The summed E-state index contributed by atoms with van der Waals surface area (Å²) in [5.41, 5.74) is 4.96. The maximum atomic E-state index is 9.19. The Morgan fingerprint density at radius 3 is 1.03 bits per heavy atom. The first-order valence-corrected chi connectivity index (χ1v) is 12.8.